The van der Waals surface area contributed by atoms with Crippen molar-refractivity contribution in [3.63, 3.8) is 0 Å². The van der Waals surface area contributed by atoms with Gasteiger partial charge in [-0.3, -0.25) is 4.79 Å². The highest BCUT2D eigenvalue weighted by Gasteiger charge is 2.23. The van der Waals surface area contributed by atoms with E-state index in [-0.39, 0.29) is 19.1 Å². The quantitative estimate of drug-likeness (QED) is 0.367. The zero-order chi connectivity index (χ0) is 25.6. The maximum atomic E-state index is 11.7. The lowest BCUT2D eigenvalue weighted by atomic mass is 9.91. The van der Waals surface area contributed by atoms with Crippen molar-refractivity contribution in [2.45, 2.75) is 64.3 Å². The predicted molar refractivity (Wildman–Crippen MR) is 139 cm³/mol. The smallest absolute Gasteiger partial charge is 0.303 e. The van der Waals surface area contributed by atoms with Gasteiger partial charge >= 0.3 is 5.97 Å². The molecule has 5 rings (SSSR count). The number of ether oxygens (including phenoxy) is 3. The Bertz CT molecular complexity index is 1240. The van der Waals surface area contributed by atoms with E-state index in [0.29, 0.717) is 36.8 Å². The van der Waals surface area contributed by atoms with Gasteiger partial charge in [0.25, 0.3) is 0 Å². The van der Waals surface area contributed by atoms with E-state index in [1.54, 1.807) is 0 Å². The number of nitrogens with one attached hydrogen (secondary N) is 1. The van der Waals surface area contributed by atoms with E-state index >= 15 is 0 Å². The van der Waals surface area contributed by atoms with Crippen LogP contribution in [0.1, 0.15) is 61.0 Å². The second-order valence-electron chi connectivity index (χ2n) is 9.60. The second kappa shape index (κ2) is 11.5. The summed E-state index contributed by atoms with van der Waals surface area (Å²) in [6.45, 7) is 4.53. The second-order valence-corrected chi connectivity index (χ2v) is 9.60. The molecule has 0 saturated heterocycles. The molecular weight excluding hydrogens is 472 g/mol. The predicted octanol–water partition coefficient (Wildman–Crippen LogP) is 4.59. The molecular formula is C28H34N4O5. The third-order valence-electron chi connectivity index (χ3n) is 6.82. The van der Waals surface area contributed by atoms with Crippen molar-refractivity contribution >= 4 is 11.8 Å². The van der Waals surface area contributed by atoms with Crippen LogP contribution < -0.4 is 19.5 Å². The van der Waals surface area contributed by atoms with E-state index in [2.05, 4.69) is 24.4 Å². The van der Waals surface area contributed by atoms with Crippen molar-refractivity contribution in [1.29, 1.82) is 0 Å². The molecule has 3 aromatic rings. The van der Waals surface area contributed by atoms with Crippen LogP contribution in [-0.4, -0.2) is 45.8 Å². The van der Waals surface area contributed by atoms with Gasteiger partial charge in [0, 0.05) is 37.2 Å². The number of carboxylic acids is 1. The number of rotatable bonds is 12. The largest absolute Gasteiger partial charge is 0.481 e. The fraction of sp³-hybridized carbons (Fsp3) is 0.464. The summed E-state index contributed by atoms with van der Waals surface area (Å²) in [5, 5.41) is 17.8. The Morgan fingerprint density at radius 1 is 1.19 bits per heavy atom. The SMILES string of the molecule is CCCCn1nc(CC(CC(=O)O)c2ccc3c(c2)OCO3)cc1OCCc1ccc2c(n1)NCCC2. The molecule has 9 nitrogen and oxygen atoms in total. The van der Waals surface area contributed by atoms with E-state index in [1.807, 2.05) is 28.9 Å². The summed E-state index contributed by atoms with van der Waals surface area (Å²) in [6.07, 6.45) is 5.41. The molecule has 1 aromatic carbocycles. The van der Waals surface area contributed by atoms with Gasteiger partial charge in [-0.1, -0.05) is 25.5 Å². The molecule has 0 radical (unpaired) electrons. The van der Waals surface area contributed by atoms with Crippen molar-refractivity contribution in [2.75, 3.05) is 25.3 Å². The summed E-state index contributed by atoms with van der Waals surface area (Å²) in [5.74, 6) is 1.93. The number of carboxylic acid groups (broad SMARTS) is 1. The highest BCUT2D eigenvalue weighted by atomic mass is 16.7. The lowest BCUT2D eigenvalue weighted by molar-refractivity contribution is -0.137. The van der Waals surface area contributed by atoms with E-state index < -0.39 is 5.97 Å². The molecule has 37 heavy (non-hydrogen) atoms. The Morgan fingerprint density at radius 2 is 2.08 bits per heavy atom. The zero-order valence-corrected chi connectivity index (χ0v) is 21.2. The van der Waals surface area contributed by atoms with Crippen LogP contribution in [0.25, 0.3) is 0 Å². The highest BCUT2D eigenvalue weighted by molar-refractivity contribution is 5.68. The molecule has 2 aromatic heterocycles. The van der Waals surface area contributed by atoms with Crippen LogP contribution >= 0.6 is 0 Å². The molecule has 9 heteroatoms. The molecule has 196 valence electrons. The van der Waals surface area contributed by atoms with E-state index in [9.17, 15) is 9.90 Å². The van der Waals surface area contributed by atoms with Gasteiger partial charge in [0.05, 0.1) is 18.7 Å². The number of anilines is 1. The van der Waals surface area contributed by atoms with Crippen LogP contribution in [0, 0.1) is 0 Å². The van der Waals surface area contributed by atoms with Gasteiger partial charge in [-0.2, -0.15) is 5.10 Å². The average Bonchev–Trinajstić information content (AvgIpc) is 3.53. The Hall–Kier alpha value is -3.75. The first-order valence-corrected chi connectivity index (χ1v) is 13.1. The summed E-state index contributed by atoms with van der Waals surface area (Å²) in [6, 6.07) is 11.8. The van der Waals surface area contributed by atoms with Gasteiger partial charge < -0.3 is 24.6 Å². The topological polar surface area (TPSA) is 108 Å². The monoisotopic (exact) mass is 506 g/mol. The Labute approximate surface area is 216 Å². The number of pyridine rings is 1. The summed E-state index contributed by atoms with van der Waals surface area (Å²) < 4.78 is 19.0. The fourth-order valence-corrected chi connectivity index (χ4v) is 4.84. The summed E-state index contributed by atoms with van der Waals surface area (Å²) >= 11 is 0. The molecule has 0 aliphatic carbocycles. The number of nitrogens with zero attached hydrogens (tertiary/aromatic N) is 3. The highest BCUT2D eigenvalue weighted by Crippen LogP contribution is 2.36. The van der Waals surface area contributed by atoms with Gasteiger partial charge in [0.15, 0.2) is 11.5 Å². The number of aromatic nitrogens is 3. The fourth-order valence-electron chi connectivity index (χ4n) is 4.84. The van der Waals surface area contributed by atoms with Crippen molar-refractivity contribution < 1.29 is 24.1 Å². The number of fused-ring (bicyclic) bond motifs is 2. The standard InChI is InChI=1S/C28H34N4O5/c1-2-3-12-32-26(35-13-10-22-8-6-19-5-4-11-29-28(19)30-22)17-23(31-32)14-21(16-27(33)34)20-7-9-24-25(15-20)37-18-36-24/h6-9,15,17,21H,2-5,10-14,16,18H2,1H3,(H,29,30)(H,33,34). The number of hydrogen-bond donors (Lipinski definition) is 2. The van der Waals surface area contributed by atoms with Crippen LogP contribution in [0.3, 0.4) is 0 Å². The molecule has 2 aliphatic rings. The van der Waals surface area contributed by atoms with Crippen molar-refractivity contribution in [1.82, 2.24) is 14.8 Å². The Morgan fingerprint density at radius 3 is 2.95 bits per heavy atom. The van der Waals surface area contributed by atoms with E-state index in [0.717, 1.165) is 61.5 Å². The minimum absolute atomic E-state index is 0.00428. The lowest BCUT2D eigenvalue weighted by Gasteiger charge is -2.17. The summed E-state index contributed by atoms with van der Waals surface area (Å²) in [7, 11) is 0. The number of aryl methyl sites for hydroxylation is 2. The minimum Gasteiger partial charge on any atom is -0.481 e. The third-order valence-corrected chi connectivity index (χ3v) is 6.82. The molecule has 2 aliphatic heterocycles. The Kier molecular flexibility index (Phi) is 7.77. The van der Waals surface area contributed by atoms with Crippen molar-refractivity contribution in [3.05, 3.63) is 58.9 Å². The van der Waals surface area contributed by atoms with Crippen LogP contribution in [0.15, 0.2) is 36.4 Å². The van der Waals surface area contributed by atoms with E-state index in [1.165, 1.54) is 5.56 Å². The normalized spacial score (nSPS) is 14.6. The number of benzene rings is 1. The van der Waals surface area contributed by atoms with Gasteiger partial charge in [-0.05, 0) is 55.0 Å². The number of unbranched alkanes of at least 4 members (excludes halogenated alkanes) is 1. The Balaban J connectivity index is 1.28. The average molecular weight is 507 g/mol. The van der Waals surface area contributed by atoms with Crippen LogP contribution in [0.5, 0.6) is 17.4 Å². The minimum atomic E-state index is -0.850. The molecule has 0 amide bonds. The number of hydrogen-bond acceptors (Lipinski definition) is 7. The molecule has 1 atom stereocenters. The van der Waals surface area contributed by atoms with Gasteiger partial charge in [0.2, 0.25) is 12.7 Å². The maximum Gasteiger partial charge on any atom is 0.303 e. The zero-order valence-electron chi connectivity index (χ0n) is 21.2. The molecule has 0 saturated carbocycles. The van der Waals surface area contributed by atoms with Gasteiger partial charge in [0.1, 0.15) is 5.82 Å². The van der Waals surface area contributed by atoms with Gasteiger partial charge in [-0.15, -0.1) is 0 Å². The van der Waals surface area contributed by atoms with Crippen LogP contribution in [-0.2, 0) is 30.6 Å². The van der Waals surface area contributed by atoms with Crippen LogP contribution in [0.4, 0.5) is 5.82 Å². The first-order valence-electron chi connectivity index (χ1n) is 13.1. The molecule has 0 spiro atoms. The van der Waals surface area contributed by atoms with Gasteiger partial charge in [-0.25, -0.2) is 9.67 Å². The lowest BCUT2D eigenvalue weighted by Crippen LogP contribution is -2.15. The molecule has 1 unspecified atom stereocenters. The molecule has 2 N–H and O–H groups in total. The van der Waals surface area contributed by atoms with Crippen LogP contribution in [0.2, 0.25) is 0 Å². The number of carbonyl (C=O) groups is 1. The molecule has 4 heterocycles. The summed E-state index contributed by atoms with van der Waals surface area (Å²) in [4.78, 5) is 16.4. The summed E-state index contributed by atoms with van der Waals surface area (Å²) in [5.41, 5.74) is 3.98. The van der Waals surface area contributed by atoms with Crippen molar-refractivity contribution in [2.24, 2.45) is 0 Å². The molecule has 0 fully saturated rings. The third kappa shape index (κ3) is 6.15. The molecule has 0 bridgehead atoms. The number of aliphatic carboxylic acids is 1. The maximum absolute atomic E-state index is 11.7. The first-order chi connectivity index (χ1) is 18.1. The first kappa shape index (κ1) is 24.9. The van der Waals surface area contributed by atoms with E-state index in [4.69, 9.17) is 24.3 Å². The van der Waals surface area contributed by atoms with Crippen molar-refractivity contribution in [3.8, 4) is 17.4 Å².